The molecule has 1 saturated carbocycles. The van der Waals surface area contributed by atoms with E-state index < -0.39 is 0 Å². The van der Waals surface area contributed by atoms with Gasteiger partial charge < -0.3 is 5.73 Å². The monoisotopic (exact) mass is 353 g/mol. The third kappa shape index (κ3) is 3.79. The second-order valence-corrected chi connectivity index (χ2v) is 7.08. The van der Waals surface area contributed by atoms with Crippen LogP contribution in [-0.4, -0.2) is 6.04 Å². The molecule has 0 spiro atoms. The summed E-state index contributed by atoms with van der Waals surface area (Å²) in [5, 5.41) is 0.705. The molecule has 1 aliphatic rings. The zero-order chi connectivity index (χ0) is 14.6. The molecule has 1 nitrogen and oxygen atoms in total. The maximum Gasteiger partial charge on any atom is 0.0560 e. The SMILES string of the molecule is CC(N)C1(CC#Cc2ccc(Br)c(Cl)c2)CCCCC1. The molecule has 0 amide bonds. The van der Waals surface area contributed by atoms with Gasteiger partial charge in [0.1, 0.15) is 0 Å². The Morgan fingerprint density at radius 2 is 2.05 bits per heavy atom. The molecule has 108 valence electrons. The molecule has 2 N–H and O–H groups in total. The highest BCUT2D eigenvalue weighted by Crippen LogP contribution is 2.41. The summed E-state index contributed by atoms with van der Waals surface area (Å²) < 4.78 is 0.907. The summed E-state index contributed by atoms with van der Waals surface area (Å²) in [6, 6.07) is 6.04. The van der Waals surface area contributed by atoms with E-state index in [0.717, 1.165) is 16.5 Å². The fourth-order valence-electron chi connectivity index (χ4n) is 2.95. The molecule has 0 bridgehead atoms. The summed E-state index contributed by atoms with van der Waals surface area (Å²) >= 11 is 9.48. The van der Waals surface area contributed by atoms with Crippen molar-refractivity contribution in [2.45, 2.75) is 51.5 Å². The predicted octanol–water partition coefficient (Wildman–Crippen LogP) is 5.14. The largest absolute Gasteiger partial charge is 0.327 e. The number of hydrogen-bond donors (Lipinski definition) is 1. The standard InChI is InChI=1S/C17H21BrClN/c1-13(20)17(9-3-2-4-10-17)11-5-6-14-7-8-15(18)16(19)12-14/h7-8,12-13H,2-4,9-11,20H2,1H3. The lowest BCUT2D eigenvalue weighted by Gasteiger charge is -2.39. The summed E-state index contributed by atoms with van der Waals surface area (Å²) in [7, 11) is 0. The molecule has 1 aliphatic carbocycles. The van der Waals surface area contributed by atoms with Gasteiger partial charge in [0.2, 0.25) is 0 Å². The lowest BCUT2D eigenvalue weighted by atomic mass is 9.68. The van der Waals surface area contributed by atoms with Crippen molar-refractivity contribution in [2.75, 3.05) is 0 Å². The number of nitrogens with two attached hydrogens (primary N) is 1. The first-order chi connectivity index (χ1) is 9.53. The van der Waals surface area contributed by atoms with Gasteiger partial charge in [-0.25, -0.2) is 0 Å². The van der Waals surface area contributed by atoms with E-state index in [2.05, 4.69) is 34.7 Å². The van der Waals surface area contributed by atoms with Crippen LogP contribution in [-0.2, 0) is 0 Å². The molecule has 1 atom stereocenters. The number of rotatable bonds is 2. The zero-order valence-corrected chi connectivity index (χ0v) is 14.2. The van der Waals surface area contributed by atoms with Gasteiger partial charge in [-0.05, 0) is 59.3 Å². The Morgan fingerprint density at radius 1 is 1.35 bits per heavy atom. The highest BCUT2D eigenvalue weighted by atomic mass is 79.9. The Hall–Kier alpha value is -0.490. The van der Waals surface area contributed by atoms with E-state index in [1.165, 1.54) is 32.1 Å². The van der Waals surface area contributed by atoms with Crippen molar-refractivity contribution in [2.24, 2.45) is 11.1 Å². The molecule has 0 heterocycles. The molecule has 0 aliphatic heterocycles. The van der Waals surface area contributed by atoms with Crippen LogP contribution in [0.1, 0.15) is 51.0 Å². The molecule has 0 aromatic heterocycles. The maximum absolute atomic E-state index is 6.23. The normalized spacial score (nSPS) is 19.0. The van der Waals surface area contributed by atoms with Crippen LogP contribution in [0, 0.1) is 17.3 Å². The highest BCUT2D eigenvalue weighted by Gasteiger charge is 2.34. The molecule has 1 unspecified atom stereocenters. The van der Waals surface area contributed by atoms with E-state index in [-0.39, 0.29) is 11.5 Å². The number of benzene rings is 1. The predicted molar refractivity (Wildman–Crippen MR) is 89.8 cm³/mol. The van der Waals surface area contributed by atoms with E-state index in [1.54, 1.807) is 0 Å². The van der Waals surface area contributed by atoms with Crippen LogP contribution in [0.4, 0.5) is 0 Å². The average molecular weight is 355 g/mol. The Bertz CT molecular complexity index is 522. The summed E-state index contributed by atoms with van der Waals surface area (Å²) in [4.78, 5) is 0. The molecule has 3 heteroatoms. The van der Waals surface area contributed by atoms with Gasteiger partial charge >= 0.3 is 0 Å². The van der Waals surface area contributed by atoms with Crippen LogP contribution >= 0.6 is 27.5 Å². The summed E-state index contributed by atoms with van der Waals surface area (Å²) in [6.45, 7) is 2.13. The summed E-state index contributed by atoms with van der Waals surface area (Å²) in [5.74, 6) is 6.57. The van der Waals surface area contributed by atoms with Crippen molar-refractivity contribution in [3.05, 3.63) is 33.3 Å². The van der Waals surface area contributed by atoms with Gasteiger partial charge in [0.25, 0.3) is 0 Å². The van der Waals surface area contributed by atoms with Crippen LogP contribution in [0.3, 0.4) is 0 Å². The molecule has 1 aromatic rings. The van der Waals surface area contributed by atoms with Crippen molar-refractivity contribution >= 4 is 27.5 Å². The fourth-order valence-corrected chi connectivity index (χ4v) is 3.37. The smallest absolute Gasteiger partial charge is 0.0560 e. The topological polar surface area (TPSA) is 26.0 Å². The lowest BCUT2D eigenvalue weighted by Crippen LogP contribution is -2.40. The molecule has 20 heavy (non-hydrogen) atoms. The first-order valence-corrected chi connectivity index (χ1v) is 8.40. The van der Waals surface area contributed by atoms with Gasteiger partial charge in [-0.15, -0.1) is 0 Å². The molecule has 0 saturated heterocycles. The Morgan fingerprint density at radius 3 is 2.65 bits per heavy atom. The first kappa shape index (κ1) is 15.9. The molecular formula is C17H21BrClN. The van der Waals surface area contributed by atoms with Gasteiger partial charge in [-0.2, -0.15) is 0 Å². The maximum atomic E-state index is 6.23. The zero-order valence-electron chi connectivity index (χ0n) is 11.9. The number of halogens is 2. The van der Waals surface area contributed by atoms with Gasteiger partial charge in [0, 0.05) is 22.5 Å². The van der Waals surface area contributed by atoms with E-state index in [1.807, 2.05) is 18.2 Å². The van der Waals surface area contributed by atoms with Crippen LogP contribution in [0.5, 0.6) is 0 Å². The Balaban J connectivity index is 2.10. The Labute approximate surface area is 135 Å². The van der Waals surface area contributed by atoms with E-state index in [9.17, 15) is 0 Å². The quantitative estimate of drug-likeness (QED) is 0.731. The molecule has 0 radical (unpaired) electrons. The van der Waals surface area contributed by atoms with Crippen molar-refractivity contribution in [1.82, 2.24) is 0 Å². The van der Waals surface area contributed by atoms with Gasteiger partial charge in [-0.3, -0.25) is 0 Å². The van der Waals surface area contributed by atoms with Crippen LogP contribution < -0.4 is 5.73 Å². The highest BCUT2D eigenvalue weighted by molar-refractivity contribution is 9.10. The van der Waals surface area contributed by atoms with Gasteiger partial charge in [0.05, 0.1) is 5.02 Å². The molecular weight excluding hydrogens is 334 g/mol. The van der Waals surface area contributed by atoms with Crippen LogP contribution in [0.2, 0.25) is 5.02 Å². The first-order valence-electron chi connectivity index (χ1n) is 7.23. The second kappa shape index (κ2) is 6.98. The third-order valence-corrected chi connectivity index (χ3v) is 5.64. The van der Waals surface area contributed by atoms with Crippen molar-refractivity contribution in [3.8, 4) is 11.8 Å². The van der Waals surface area contributed by atoms with E-state index >= 15 is 0 Å². The molecule has 2 rings (SSSR count). The Kier molecular flexibility index (Phi) is 5.55. The molecule has 1 aromatic carbocycles. The fraction of sp³-hybridized carbons (Fsp3) is 0.529. The minimum atomic E-state index is 0.213. The van der Waals surface area contributed by atoms with Gasteiger partial charge in [-0.1, -0.05) is 42.7 Å². The summed E-state index contributed by atoms with van der Waals surface area (Å²) in [5.41, 5.74) is 7.41. The van der Waals surface area contributed by atoms with Crippen molar-refractivity contribution in [1.29, 1.82) is 0 Å². The van der Waals surface area contributed by atoms with E-state index in [0.29, 0.717) is 5.02 Å². The van der Waals surface area contributed by atoms with Crippen molar-refractivity contribution < 1.29 is 0 Å². The average Bonchev–Trinajstić information content (AvgIpc) is 2.44. The van der Waals surface area contributed by atoms with Crippen molar-refractivity contribution in [3.63, 3.8) is 0 Å². The van der Waals surface area contributed by atoms with E-state index in [4.69, 9.17) is 17.3 Å². The minimum Gasteiger partial charge on any atom is -0.327 e. The van der Waals surface area contributed by atoms with Crippen LogP contribution in [0.25, 0.3) is 0 Å². The third-order valence-electron chi connectivity index (χ3n) is 4.41. The van der Waals surface area contributed by atoms with Crippen LogP contribution in [0.15, 0.2) is 22.7 Å². The summed E-state index contributed by atoms with van der Waals surface area (Å²) in [6.07, 6.45) is 7.21. The molecule has 1 fully saturated rings. The number of hydrogen-bond acceptors (Lipinski definition) is 1. The second-order valence-electron chi connectivity index (χ2n) is 5.82. The lowest BCUT2D eigenvalue weighted by molar-refractivity contribution is 0.159. The minimum absolute atomic E-state index is 0.213. The van der Waals surface area contributed by atoms with Gasteiger partial charge in [0.15, 0.2) is 0 Å².